The lowest BCUT2D eigenvalue weighted by molar-refractivity contribution is 0.0997. The van der Waals surface area contributed by atoms with Crippen molar-refractivity contribution < 1.29 is 9.59 Å². The Morgan fingerprint density at radius 1 is 1.26 bits per heavy atom. The van der Waals surface area contributed by atoms with E-state index in [2.05, 4.69) is 15.6 Å². The lowest BCUT2D eigenvalue weighted by atomic mass is 10.2. The topological polar surface area (TPSA) is 97.1 Å². The zero-order valence-corrected chi connectivity index (χ0v) is 11.0. The largest absolute Gasteiger partial charge is 0.365 e. The lowest BCUT2D eigenvalue weighted by Crippen LogP contribution is -2.17. The highest BCUT2D eigenvalue weighted by atomic mass is 32.1. The SMILES string of the molecule is CNc1nc(C(N)=O)c(NC(=O)c2ccccc2)s1. The summed E-state index contributed by atoms with van der Waals surface area (Å²) in [6.45, 7) is 0. The molecular formula is C12H12N4O2S. The van der Waals surface area contributed by atoms with Crippen molar-refractivity contribution >= 4 is 33.3 Å². The molecule has 0 atom stereocenters. The van der Waals surface area contributed by atoms with Crippen LogP contribution in [0.4, 0.5) is 10.1 Å². The van der Waals surface area contributed by atoms with Crippen LogP contribution in [0.1, 0.15) is 20.8 Å². The number of nitrogens with one attached hydrogen (secondary N) is 2. The summed E-state index contributed by atoms with van der Waals surface area (Å²) >= 11 is 1.16. The number of amides is 2. The van der Waals surface area contributed by atoms with E-state index >= 15 is 0 Å². The Labute approximate surface area is 113 Å². The Balaban J connectivity index is 2.26. The molecule has 6 nitrogen and oxygen atoms in total. The smallest absolute Gasteiger partial charge is 0.270 e. The van der Waals surface area contributed by atoms with E-state index in [1.165, 1.54) is 0 Å². The summed E-state index contributed by atoms with van der Waals surface area (Å²) in [5, 5.41) is 6.29. The second-order valence-corrected chi connectivity index (χ2v) is 4.63. The van der Waals surface area contributed by atoms with Gasteiger partial charge in [-0.1, -0.05) is 29.5 Å². The summed E-state index contributed by atoms with van der Waals surface area (Å²) in [4.78, 5) is 27.2. The minimum absolute atomic E-state index is 0.0543. The molecule has 1 aromatic heterocycles. The molecule has 0 aliphatic carbocycles. The van der Waals surface area contributed by atoms with Gasteiger partial charge in [0.05, 0.1) is 0 Å². The fourth-order valence-corrected chi connectivity index (χ4v) is 2.26. The number of primary amides is 1. The molecule has 98 valence electrons. The number of aromatic nitrogens is 1. The third-order valence-electron chi connectivity index (χ3n) is 2.34. The van der Waals surface area contributed by atoms with Crippen molar-refractivity contribution in [2.75, 3.05) is 17.7 Å². The van der Waals surface area contributed by atoms with Gasteiger partial charge in [-0.25, -0.2) is 4.98 Å². The van der Waals surface area contributed by atoms with E-state index in [1.807, 2.05) is 6.07 Å². The molecule has 0 aliphatic heterocycles. The Morgan fingerprint density at radius 2 is 1.95 bits per heavy atom. The standard InChI is InChI=1S/C12H12N4O2S/c1-14-12-15-8(9(13)17)11(19-12)16-10(18)7-5-3-2-4-6-7/h2-6H,1H3,(H2,13,17)(H,14,15)(H,16,18). The summed E-state index contributed by atoms with van der Waals surface area (Å²) in [7, 11) is 1.67. The van der Waals surface area contributed by atoms with E-state index in [0.29, 0.717) is 15.7 Å². The van der Waals surface area contributed by atoms with Gasteiger partial charge >= 0.3 is 0 Å². The zero-order valence-electron chi connectivity index (χ0n) is 10.1. The number of nitrogens with two attached hydrogens (primary N) is 1. The van der Waals surface area contributed by atoms with Gasteiger partial charge in [0.1, 0.15) is 5.00 Å². The highest BCUT2D eigenvalue weighted by Crippen LogP contribution is 2.28. The third kappa shape index (κ3) is 2.89. The maximum atomic E-state index is 12.0. The van der Waals surface area contributed by atoms with Crippen LogP contribution >= 0.6 is 11.3 Å². The Bertz CT molecular complexity index is 609. The first-order valence-electron chi connectivity index (χ1n) is 5.46. The lowest BCUT2D eigenvalue weighted by Gasteiger charge is -2.02. The van der Waals surface area contributed by atoms with E-state index in [9.17, 15) is 9.59 Å². The first-order chi connectivity index (χ1) is 9.11. The van der Waals surface area contributed by atoms with Crippen molar-refractivity contribution in [1.82, 2.24) is 4.98 Å². The number of rotatable bonds is 4. The molecule has 2 aromatic rings. The predicted octanol–water partition coefficient (Wildman–Crippen LogP) is 1.54. The number of nitrogens with zero attached hydrogens (tertiary/aromatic N) is 1. The van der Waals surface area contributed by atoms with Crippen LogP contribution in [0.2, 0.25) is 0 Å². The van der Waals surface area contributed by atoms with E-state index < -0.39 is 5.91 Å². The summed E-state index contributed by atoms with van der Waals surface area (Å²) in [6.07, 6.45) is 0. The van der Waals surface area contributed by atoms with Gasteiger partial charge in [-0.15, -0.1) is 0 Å². The van der Waals surface area contributed by atoms with Crippen molar-refractivity contribution in [3.8, 4) is 0 Å². The number of benzene rings is 1. The average molecular weight is 276 g/mol. The number of anilines is 2. The molecule has 0 radical (unpaired) electrons. The maximum absolute atomic E-state index is 12.0. The van der Waals surface area contributed by atoms with Gasteiger partial charge in [-0.3, -0.25) is 9.59 Å². The quantitative estimate of drug-likeness (QED) is 0.789. The van der Waals surface area contributed by atoms with Crippen LogP contribution in [0.15, 0.2) is 30.3 Å². The number of thiazole rings is 1. The number of carbonyl (C=O) groups excluding carboxylic acids is 2. The first kappa shape index (κ1) is 13.0. The van der Waals surface area contributed by atoms with Gasteiger partial charge in [0.25, 0.3) is 11.8 Å². The van der Waals surface area contributed by atoms with Crippen LogP contribution in [0.5, 0.6) is 0 Å². The van der Waals surface area contributed by atoms with Crippen molar-refractivity contribution in [3.05, 3.63) is 41.6 Å². The highest BCUT2D eigenvalue weighted by molar-refractivity contribution is 7.20. The predicted molar refractivity (Wildman–Crippen MR) is 74.6 cm³/mol. The number of hydrogen-bond donors (Lipinski definition) is 3. The molecule has 1 heterocycles. The van der Waals surface area contributed by atoms with Gasteiger partial charge in [0.15, 0.2) is 10.8 Å². The zero-order chi connectivity index (χ0) is 13.8. The van der Waals surface area contributed by atoms with Crippen molar-refractivity contribution in [1.29, 1.82) is 0 Å². The van der Waals surface area contributed by atoms with Gasteiger partial charge in [0.2, 0.25) is 0 Å². The molecule has 0 saturated heterocycles. The van der Waals surface area contributed by atoms with Crippen LogP contribution in [0.25, 0.3) is 0 Å². The van der Waals surface area contributed by atoms with Crippen LogP contribution in [0.3, 0.4) is 0 Å². The summed E-state index contributed by atoms with van der Waals surface area (Å²) in [6, 6.07) is 8.70. The first-order valence-corrected chi connectivity index (χ1v) is 6.28. The van der Waals surface area contributed by atoms with Crippen LogP contribution < -0.4 is 16.4 Å². The van der Waals surface area contributed by atoms with Crippen molar-refractivity contribution in [2.45, 2.75) is 0 Å². The number of carbonyl (C=O) groups is 2. The van der Waals surface area contributed by atoms with Gasteiger partial charge < -0.3 is 16.4 Å². The number of hydrogen-bond acceptors (Lipinski definition) is 5. The Morgan fingerprint density at radius 3 is 2.53 bits per heavy atom. The molecule has 0 unspecified atom stereocenters. The molecule has 4 N–H and O–H groups in total. The molecule has 0 saturated carbocycles. The molecule has 0 bridgehead atoms. The fraction of sp³-hybridized carbons (Fsp3) is 0.0833. The molecule has 19 heavy (non-hydrogen) atoms. The van der Waals surface area contributed by atoms with Crippen molar-refractivity contribution in [2.24, 2.45) is 5.73 Å². The molecular weight excluding hydrogens is 264 g/mol. The van der Waals surface area contributed by atoms with Gasteiger partial charge in [0, 0.05) is 12.6 Å². The highest BCUT2D eigenvalue weighted by Gasteiger charge is 2.17. The summed E-state index contributed by atoms with van der Waals surface area (Å²) in [5.41, 5.74) is 5.77. The molecule has 7 heteroatoms. The average Bonchev–Trinajstić information content (AvgIpc) is 2.83. The second-order valence-electron chi connectivity index (χ2n) is 3.63. The minimum atomic E-state index is -0.680. The fourth-order valence-electron chi connectivity index (χ4n) is 1.44. The molecule has 2 amide bonds. The molecule has 0 aliphatic rings. The normalized spacial score (nSPS) is 9.95. The Hall–Kier alpha value is -2.41. The van der Waals surface area contributed by atoms with Crippen LogP contribution in [0, 0.1) is 0 Å². The maximum Gasteiger partial charge on any atom is 0.270 e. The Kier molecular flexibility index (Phi) is 3.76. The van der Waals surface area contributed by atoms with Crippen LogP contribution in [-0.4, -0.2) is 23.8 Å². The summed E-state index contributed by atoms with van der Waals surface area (Å²) < 4.78 is 0. The van der Waals surface area contributed by atoms with Crippen LogP contribution in [-0.2, 0) is 0 Å². The molecule has 1 aromatic carbocycles. The van der Waals surface area contributed by atoms with Crippen molar-refractivity contribution in [3.63, 3.8) is 0 Å². The molecule has 0 fully saturated rings. The minimum Gasteiger partial charge on any atom is -0.365 e. The second kappa shape index (κ2) is 5.49. The monoisotopic (exact) mass is 276 g/mol. The molecule has 0 spiro atoms. The van der Waals surface area contributed by atoms with E-state index in [4.69, 9.17) is 5.73 Å². The van der Waals surface area contributed by atoms with Gasteiger partial charge in [-0.2, -0.15) is 0 Å². The molecule has 2 rings (SSSR count). The van der Waals surface area contributed by atoms with E-state index in [0.717, 1.165) is 11.3 Å². The van der Waals surface area contributed by atoms with E-state index in [1.54, 1.807) is 31.3 Å². The van der Waals surface area contributed by atoms with Gasteiger partial charge in [-0.05, 0) is 12.1 Å². The van der Waals surface area contributed by atoms with E-state index in [-0.39, 0.29) is 11.6 Å². The summed E-state index contributed by atoms with van der Waals surface area (Å²) in [5.74, 6) is -0.990. The third-order valence-corrected chi connectivity index (χ3v) is 3.33.